The van der Waals surface area contributed by atoms with Crippen LogP contribution in [-0.4, -0.2) is 58.7 Å². The lowest BCUT2D eigenvalue weighted by molar-refractivity contribution is -0.145. The second kappa shape index (κ2) is 12.9. The predicted octanol–water partition coefficient (Wildman–Crippen LogP) is 4.36. The number of likely N-dealkylation sites (N-methyl/N-ethyl adjacent to an activating group) is 1. The van der Waals surface area contributed by atoms with Gasteiger partial charge in [-0.25, -0.2) is 5.01 Å². The number of benzene rings is 2. The maximum Gasteiger partial charge on any atom is 0.256 e. The van der Waals surface area contributed by atoms with Crippen LogP contribution in [0.15, 0.2) is 47.0 Å². The largest absolute Gasteiger partial charge is 0.355 e. The minimum atomic E-state index is -0.106. The minimum absolute atomic E-state index is 0.0600. The highest BCUT2D eigenvalue weighted by Gasteiger charge is 2.27. The van der Waals surface area contributed by atoms with E-state index in [9.17, 15) is 9.59 Å². The highest BCUT2D eigenvalue weighted by molar-refractivity contribution is 5.87. The van der Waals surface area contributed by atoms with Crippen LogP contribution in [0.5, 0.6) is 0 Å². The van der Waals surface area contributed by atoms with E-state index >= 15 is 0 Å². The maximum atomic E-state index is 13.6. The van der Waals surface area contributed by atoms with Crippen LogP contribution in [-0.2, 0) is 29.1 Å². The number of nitrogens with zero attached hydrogens (tertiary/aromatic N) is 5. The monoisotopic (exact) mass is 532 g/mol. The number of aromatic nitrogens is 2. The van der Waals surface area contributed by atoms with E-state index in [-0.39, 0.29) is 24.9 Å². The Balaban J connectivity index is 1.55. The number of rotatable bonds is 12. The molecule has 0 saturated carbocycles. The van der Waals surface area contributed by atoms with Gasteiger partial charge in [-0.15, -0.1) is 0 Å². The molecule has 1 N–H and O–H groups in total. The lowest BCUT2D eigenvalue weighted by Gasteiger charge is -2.32. The van der Waals surface area contributed by atoms with Gasteiger partial charge in [0, 0.05) is 44.9 Å². The molecule has 1 aliphatic rings. The van der Waals surface area contributed by atoms with Crippen molar-refractivity contribution in [1.29, 1.82) is 0 Å². The van der Waals surface area contributed by atoms with Crippen molar-refractivity contribution in [2.45, 2.75) is 60.0 Å². The van der Waals surface area contributed by atoms with E-state index in [0.717, 1.165) is 36.1 Å². The van der Waals surface area contributed by atoms with Crippen molar-refractivity contribution in [3.05, 3.63) is 65.0 Å². The summed E-state index contributed by atoms with van der Waals surface area (Å²) in [5.74, 6) is 1.36. The third kappa shape index (κ3) is 7.23. The van der Waals surface area contributed by atoms with E-state index in [1.54, 1.807) is 19.0 Å². The summed E-state index contributed by atoms with van der Waals surface area (Å²) >= 11 is 0. The molecule has 0 aliphatic carbocycles. The van der Waals surface area contributed by atoms with Crippen molar-refractivity contribution in [2.75, 3.05) is 31.6 Å². The Hall–Kier alpha value is -3.72. The number of carbonyl (C=O) groups excluding carboxylic acids is 2. The molecule has 0 fully saturated rings. The summed E-state index contributed by atoms with van der Waals surface area (Å²) in [5.41, 5.74) is 5.09. The van der Waals surface area contributed by atoms with Crippen molar-refractivity contribution in [3.8, 4) is 11.4 Å². The van der Waals surface area contributed by atoms with Crippen LogP contribution < -0.4 is 10.2 Å². The molecule has 9 heteroatoms. The Bertz CT molecular complexity index is 1260. The average molecular weight is 533 g/mol. The van der Waals surface area contributed by atoms with Crippen LogP contribution in [0, 0.1) is 12.8 Å². The first-order valence-electron chi connectivity index (χ1n) is 13.8. The molecule has 0 saturated heterocycles. The molecule has 2 heterocycles. The number of hydrogen-bond acceptors (Lipinski definition) is 7. The predicted molar refractivity (Wildman–Crippen MR) is 152 cm³/mol. The molecule has 2 aromatic carbocycles. The SMILES string of the molecule is CCc1ccc(-c2noc(C)n2)cc1N(CC(=O)NCCCC(C)C)CC(=O)N(C)N1Cc2ccccc2C1. The summed E-state index contributed by atoms with van der Waals surface area (Å²) < 4.78 is 5.19. The quantitative estimate of drug-likeness (QED) is 0.347. The molecule has 1 aromatic heterocycles. The van der Waals surface area contributed by atoms with Crippen LogP contribution in [0.2, 0.25) is 0 Å². The molecule has 0 unspecified atom stereocenters. The Morgan fingerprint density at radius 3 is 2.44 bits per heavy atom. The van der Waals surface area contributed by atoms with Crippen molar-refractivity contribution in [2.24, 2.45) is 5.92 Å². The topological polar surface area (TPSA) is 94.8 Å². The van der Waals surface area contributed by atoms with Crippen molar-refractivity contribution >= 4 is 17.5 Å². The summed E-state index contributed by atoms with van der Waals surface area (Å²) in [6, 6.07) is 14.2. The zero-order chi connectivity index (χ0) is 27.9. The van der Waals surface area contributed by atoms with Crippen molar-refractivity contribution in [1.82, 2.24) is 25.5 Å². The molecule has 3 aromatic rings. The highest BCUT2D eigenvalue weighted by atomic mass is 16.5. The van der Waals surface area contributed by atoms with E-state index < -0.39 is 0 Å². The standard InChI is InChI=1S/C30H40N6O3/c1-6-23-13-14-24(30-32-22(4)39-33-30)16-27(23)35(19-28(37)31-15-9-10-21(2)3)20-29(38)34(5)36-17-25-11-7-8-12-26(25)18-36/h7-8,11-14,16,21H,6,9-10,15,17-20H2,1-5H3,(H,31,37). The Labute approximate surface area is 231 Å². The van der Waals surface area contributed by atoms with Gasteiger partial charge in [-0.1, -0.05) is 62.3 Å². The molecule has 4 rings (SSSR count). The van der Waals surface area contributed by atoms with Gasteiger partial charge in [-0.3, -0.25) is 14.6 Å². The Morgan fingerprint density at radius 1 is 1.10 bits per heavy atom. The molecule has 208 valence electrons. The number of fused-ring (bicyclic) bond motifs is 1. The molecule has 39 heavy (non-hydrogen) atoms. The first-order valence-corrected chi connectivity index (χ1v) is 13.8. The highest BCUT2D eigenvalue weighted by Crippen LogP contribution is 2.28. The lowest BCUT2D eigenvalue weighted by Crippen LogP contribution is -2.48. The van der Waals surface area contributed by atoms with Crippen LogP contribution in [0.25, 0.3) is 11.4 Å². The fourth-order valence-corrected chi connectivity index (χ4v) is 4.86. The molecule has 1 aliphatic heterocycles. The van der Waals surface area contributed by atoms with Crippen LogP contribution in [0.1, 0.15) is 56.2 Å². The zero-order valence-corrected chi connectivity index (χ0v) is 23.7. The molecular formula is C30H40N6O3. The molecule has 0 radical (unpaired) electrons. The normalized spacial score (nSPS) is 13.0. The number of nitrogens with one attached hydrogen (secondary N) is 1. The second-order valence-corrected chi connectivity index (χ2v) is 10.6. The van der Waals surface area contributed by atoms with Gasteiger partial charge in [0.2, 0.25) is 17.6 Å². The smallest absolute Gasteiger partial charge is 0.256 e. The third-order valence-electron chi connectivity index (χ3n) is 7.14. The number of hydrogen-bond donors (Lipinski definition) is 1. The van der Waals surface area contributed by atoms with E-state index in [1.807, 2.05) is 40.2 Å². The first-order chi connectivity index (χ1) is 18.7. The zero-order valence-electron chi connectivity index (χ0n) is 23.7. The van der Waals surface area contributed by atoms with Gasteiger partial charge >= 0.3 is 0 Å². The maximum absolute atomic E-state index is 13.6. The van der Waals surface area contributed by atoms with E-state index in [0.29, 0.717) is 37.3 Å². The summed E-state index contributed by atoms with van der Waals surface area (Å²) in [4.78, 5) is 32.9. The third-order valence-corrected chi connectivity index (χ3v) is 7.14. The summed E-state index contributed by atoms with van der Waals surface area (Å²) in [6.07, 6.45) is 2.73. The summed E-state index contributed by atoms with van der Waals surface area (Å²) in [5, 5.41) is 10.8. The molecule has 0 spiro atoms. The van der Waals surface area contributed by atoms with Crippen LogP contribution in [0.3, 0.4) is 0 Å². The first kappa shape index (κ1) is 28.3. The van der Waals surface area contributed by atoms with Crippen LogP contribution >= 0.6 is 0 Å². The van der Waals surface area contributed by atoms with Crippen molar-refractivity contribution < 1.29 is 14.1 Å². The summed E-state index contributed by atoms with van der Waals surface area (Å²) in [6.45, 7) is 10.3. The number of hydrazine groups is 1. The number of aryl methyl sites for hydroxylation is 2. The average Bonchev–Trinajstić information content (AvgIpc) is 3.56. The number of amides is 2. The van der Waals surface area contributed by atoms with Gasteiger partial charge in [0.05, 0.1) is 13.1 Å². The van der Waals surface area contributed by atoms with E-state index in [1.165, 1.54) is 11.1 Å². The molecule has 9 nitrogen and oxygen atoms in total. The molecule has 2 amide bonds. The molecule has 0 atom stereocenters. The van der Waals surface area contributed by atoms with E-state index in [2.05, 4.69) is 48.4 Å². The fraction of sp³-hybridized carbons (Fsp3) is 0.467. The van der Waals surface area contributed by atoms with Gasteiger partial charge in [0.25, 0.3) is 5.91 Å². The van der Waals surface area contributed by atoms with Crippen LogP contribution in [0.4, 0.5) is 5.69 Å². The molecule has 0 bridgehead atoms. The number of anilines is 1. The fourth-order valence-electron chi connectivity index (χ4n) is 4.86. The van der Waals surface area contributed by atoms with Gasteiger partial charge in [0.15, 0.2) is 0 Å². The van der Waals surface area contributed by atoms with Gasteiger partial charge < -0.3 is 14.7 Å². The lowest BCUT2D eigenvalue weighted by atomic mass is 10.0. The number of carbonyl (C=O) groups is 2. The van der Waals surface area contributed by atoms with Gasteiger partial charge in [-0.05, 0) is 47.9 Å². The summed E-state index contributed by atoms with van der Waals surface area (Å²) in [7, 11) is 1.80. The molecular weight excluding hydrogens is 492 g/mol. The minimum Gasteiger partial charge on any atom is -0.355 e. The Kier molecular flexibility index (Phi) is 9.35. The van der Waals surface area contributed by atoms with Gasteiger partial charge in [0.1, 0.15) is 0 Å². The van der Waals surface area contributed by atoms with E-state index in [4.69, 9.17) is 4.52 Å². The van der Waals surface area contributed by atoms with Crippen molar-refractivity contribution in [3.63, 3.8) is 0 Å². The Morgan fingerprint density at radius 2 is 1.82 bits per heavy atom. The second-order valence-electron chi connectivity index (χ2n) is 10.6. The van der Waals surface area contributed by atoms with Gasteiger partial charge in [-0.2, -0.15) is 4.98 Å².